The van der Waals surface area contributed by atoms with Gasteiger partial charge in [0.2, 0.25) is 0 Å². The quantitative estimate of drug-likeness (QED) is 0.754. The number of carbonyl (C=O) groups is 1. The van der Waals surface area contributed by atoms with Gasteiger partial charge in [-0.05, 0) is 19.8 Å². The summed E-state index contributed by atoms with van der Waals surface area (Å²) in [5, 5.41) is 0. The highest BCUT2D eigenvalue weighted by atomic mass is 16.1. The zero-order chi connectivity index (χ0) is 11.9. The van der Waals surface area contributed by atoms with Gasteiger partial charge in [0.15, 0.2) is 5.78 Å². The predicted octanol–water partition coefficient (Wildman–Crippen LogP) is 2.56. The summed E-state index contributed by atoms with van der Waals surface area (Å²) < 4.78 is 1.94. The molecule has 1 aromatic carbocycles. The molecule has 2 aromatic rings. The van der Waals surface area contributed by atoms with Crippen molar-refractivity contribution in [3.8, 4) is 0 Å². The van der Waals surface area contributed by atoms with Crippen LogP contribution in [0.4, 0.5) is 0 Å². The van der Waals surface area contributed by atoms with E-state index >= 15 is 0 Å². The zero-order valence-corrected chi connectivity index (χ0v) is 9.76. The minimum Gasteiger partial charge on any atom is -0.324 e. The fraction of sp³-hybridized carbons (Fsp3) is 0.286. The third-order valence-corrected chi connectivity index (χ3v) is 3.46. The number of hydrogen-bond donors (Lipinski definition) is 0. The van der Waals surface area contributed by atoms with Crippen LogP contribution in [0.15, 0.2) is 43.0 Å². The molecule has 0 unspecified atom stereocenters. The number of aromatic nitrogens is 2. The number of ketones is 1. The number of benzene rings is 1. The van der Waals surface area contributed by atoms with Crippen molar-refractivity contribution in [3.05, 3.63) is 54.1 Å². The number of hydrogen-bond acceptors (Lipinski definition) is 2. The number of rotatable bonds is 3. The molecule has 0 atom stereocenters. The largest absolute Gasteiger partial charge is 0.324 e. The molecule has 1 aliphatic rings. The fourth-order valence-electron chi connectivity index (χ4n) is 2.21. The van der Waals surface area contributed by atoms with E-state index in [4.69, 9.17) is 0 Å². The summed E-state index contributed by atoms with van der Waals surface area (Å²) in [4.78, 5) is 16.5. The average molecular weight is 226 g/mol. The Kier molecular flexibility index (Phi) is 2.15. The first-order chi connectivity index (χ1) is 8.22. The van der Waals surface area contributed by atoms with Gasteiger partial charge in [0, 0.05) is 18.0 Å². The number of Topliss-reactive ketones (excluding diaryl/α,β-unsaturated/α-hetero) is 1. The second-order valence-electron chi connectivity index (χ2n) is 4.70. The van der Waals surface area contributed by atoms with Crippen LogP contribution in [0, 0.1) is 6.92 Å². The van der Waals surface area contributed by atoms with Crippen LogP contribution in [0.5, 0.6) is 0 Å². The summed E-state index contributed by atoms with van der Waals surface area (Å²) >= 11 is 0. The smallest absolute Gasteiger partial charge is 0.188 e. The molecule has 1 saturated carbocycles. The van der Waals surface area contributed by atoms with E-state index in [0.29, 0.717) is 0 Å². The van der Waals surface area contributed by atoms with Gasteiger partial charge in [0.25, 0.3) is 0 Å². The first-order valence-corrected chi connectivity index (χ1v) is 5.82. The standard InChI is InChI=1S/C14H14N2O/c1-11-2-4-12(5-3-11)13(17)14(6-7-14)16-9-8-15-10-16/h2-5,8-10H,6-7H2,1H3. The number of aryl methyl sites for hydroxylation is 1. The van der Waals surface area contributed by atoms with E-state index in [1.807, 2.05) is 42.0 Å². The van der Waals surface area contributed by atoms with E-state index in [9.17, 15) is 4.79 Å². The SMILES string of the molecule is Cc1ccc(C(=O)C2(n3ccnc3)CC2)cc1. The van der Waals surface area contributed by atoms with E-state index in [-0.39, 0.29) is 11.3 Å². The lowest BCUT2D eigenvalue weighted by molar-refractivity contribution is 0.0905. The number of imidazole rings is 1. The highest BCUT2D eigenvalue weighted by Gasteiger charge is 2.51. The highest BCUT2D eigenvalue weighted by Crippen LogP contribution is 2.45. The topological polar surface area (TPSA) is 34.9 Å². The number of nitrogens with zero attached hydrogens (tertiary/aromatic N) is 2. The molecule has 0 radical (unpaired) electrons. The van der Waals surface area contributed by atoms with Crippen molar-refractivity contribution in [1.29, 1.82) is 0 Å². The third kappa shape index (κ3) is 1.58. The summed E-state index contributed by atoms with van der Waals surface area (Å²) in [6.45, 7) is 2.02. The maximum atomic E-state index is 12.5. The van der Waals surface area contributed by atoms with Crippen LogP contribution in [0.1, 0.15) is 28.8 Å². The van der Waals surface area contributed by atoms with Crippen LogP contribution in [-0.4, -0.2) is 15.3 Å². The van der Waals surface area contributed by atoms with Crippen LogP contribution in [0.25, 0.3) is 0 Å². The second-order valence-corrected chi connectivity index (χ2v) is 4.70. The molecule has 1 fully saturated rings. The lowest BCUT2D eigenvalue weighted by Crippen LogP contribution is -2.26. The summed E-state index contributed by atoms with van der Waals surface area (Å²) in [6.07, 6.45) is 7.16. The van der Waals surface area contributed by atoms with E-state index < -0.39 is 0 Å². The Morgan fingerprint density at radius 2 is 2.00 bits per heavy atom. The molecule has 3 rings (SSSR count). The van der Waals surface area contributed by atoms with Crippen molar-refractivity contribution in [3.63, 3.8) is 0 Å². The Morgan fingerprint density at radius 3 is 2.53 bits per heavy atom. The molecule has 86 valence electrons. The Labute approximate surface area is 100 Å². The van der Waals surface area contributed by atoms with Crippen LogP contribution in [-0.2, 0) is 5.54 Å². The summed E-state index contributed by atoms with van der Waals surface area (Å²) in [7, 11) is 0. The Hall–Kier alpha value is -1.90. The molecule has 0 amide bonds. The molecule has 0 spiro atoms. The molecule has 0 bridgehead atoms. The normalized spacial score (nSPS) is 16.8. The van der Waals surface area contributed by atoms with Crippen LogP contribution >= 0.6 is 0 Å². The Balaban J connectivity index is 1.95. The van der Waals surface area contributed by atoms with Gasteiger partial charge in [0.1, 0.15) is 5.54 Å². The fourth-order valence-corrected chi connectivity index (χ4v) is 2.21. The maximum Gasteiger partial charge on any atom is 0.188 e. The summed E-state index contributed by atoms with van der Waals surface area (Å²) in [5.41, 5.74) is 1.61. The molecule has 0 saturated heterocycles. The second kappa shape index (κ2) is 3.55. The van der Waals surface area contributed by atoms with Crippen LogP contribution in [0.2, 0.25) is 0 Å². The van der Waals surface area contributed by atoms with Gasteiger partial charge < -0.3 is 4.57 Å². The maximum absolute atomic E-state index is 12.5. The predicted molar refractivity (Wildman–Crippen MR) is 64.9 cm³/mol. The molecule has 17 heavy (non-hydrogen) atoms. The molecule has 1 aliphatic carbocycles. The Morgan fingerprint density at radius 1 is 1.29 bits per heavy atom. The lowest BCUT2D eigenvalue weighted by Gasteiger charge is -2.15. The van der Waals surface area contributed by atoms with E-state index in [1.54, 1.807) is 12.5 Å². The van der Waals surface area contributed by atoms with Gasteiger partial charge in [-0.25, -0.2) is 4.98 Å². The molecule has 1 heterocycles. The molecular formula is C14H14N2O. The van der Waals surface area contributed by atoms with Crippen molar-refractivity contribution in [1.82, 2.24) is 9.55 Å². The molecule has 0 N–H and O–H groups in total. The van der Waals surface area contributed by atoms with Crippen LogP contribution < -0.4 is 0 Å². The van der Waals surface area contributed by atoms with Gasteiger partial charge in [-0.3, -0.25) is 4.79 Å². The van der Waals surface area contributed by atoms with E-state index in [2.05, 4.69) is 4.98 Å². The summed E-state index contributed by atoms with van der Waals surface area (Å²) in [6, 6.07) is 7.79. The first-order valence-electron chi connectivity index (χ1n) is 5.82. The molecular weight excluding hydrogens is 212 g/mol. The van der Waals surface area contributed by atoms with E-state index in [1.165, 1.54) is 5.56 Å². The molecule has 1 aromatic heterocycles. The van der Waals surface area contributed by atoms with Gasteiger partial charge in [-0.1, -0.05) is 29.8 Å². The lowest BCUT2D eigenvalue weighted by atomic mass is 10.0. The average Bonchev–Trinajstić information content (AvgIpc) is 2.97. The molecule has 0 aliphatic heterocycles. The first kappa shape index (κ1) is 10.3. The minimum absolute atomic E-state index is 0.204. The zero-order valence-electron chi connectivity index (χ0n) is 9.76. The van der Waals surface area contributed by atoms with Crippen molar-refractivity contribution < 1.29 is 4.79 Å². The highest BCUT2D eigenvalue weighted by molar-refractivity contribution is 6.03. The van der Waals surface area contributed by atoms with Crippen molar-refractivity contribution >= 4 is 5.78 Å². The van der Waals surface area contributed by atoms with Crippen LogP contribution in [0.3, 0.4) is 0 Å². The van der Waals surface area contributed by atoms with Gasteiger partial charge in [-0.2, -0.15) is 0 Å². The van der Waals surface area contributed by atoms with Crippen molar-refractivity contribution in [2.45, 2.75) is 25.3 Å². The molecule has 3 heteroatoms. The minimum atomic E-state index is -0.355. The Bertz CT molecular complexity index is 536. The summed E-state index contributed by atoms with van der Waals surface area (Å²) in [5.74, 6) is 0.204. The van der Waals surface area contributed by atoms with Crippen molar-refractivity contribution in [2.24, 2.45) is 0 Å². The monoisotopic (exact) mass is 226 g/mol. The number of carbonyl (C=O) groups excluding carboxylic acids is 1. The van der Waals surface area contributed by atoms with E-state index in [0.717, 1.165) is 18.4 Å². The van der Waals surface area contributed by atoms with Crippen molar-refractivity contribution in [2.75, 3.05) is 0 Å². The van der Waals surface area contributed by atoms with Gasteiger partial charge >= 0.3 is 0 Å². The van der Waals surface area contributed by atoms with Gasteiger partial charge in [-0.15, -0.1) is 0 Å². The molecule has 3 nitrogen and oxygen atoms in total. The third-order valence-electron chi connectivity index (χ3n) is 3.46. The van der Waals surface area contributed by atoms with Gasteiger partial charge in [0.05, 0.1) is 6.33 Å².